The first-order valence-electron chi connectivity index (χ1n) is 9.51. The van der Waals surface area contributed by atoms with E-state index in [0.29, 0.717) is 6.42 Å². The number of hydrogen-bond acceptors (Lipinski definition) is 3. The summed E-state index contributed by atoms with van der Waals surface area (Å²) in [6.45, 7) is 6.27. The molecule has 0 radical (unpaired) electrons. The Morgan fingerprint density at radius 1 is 1.08 bits per heavy atom. The number of rotatable bonds is 6. The molecule has 24 heavy (non-hydrogen) atoms. The zero-order valence-corrected chi connectivity index (χ0v) is 14.9. The third-order valence-electron chi connectivity index (χ3n) is 5.27. The van der Waals surface area contributed by atoms with Crippen LogP contribution < -0.4 is 9.64 Å². The molecule has 4 nitrogen and oxygen atoms in total. The fourth-order valence-electron chi connectivity index (χ4n) is 3.76. The Bertz CT molecular complexity index is 529. The average Bonchev–Trinajstić information content (AvgIpc) is 2.87. The highest BCUT2D eigenvalue weighted by Gasteiger charge is 2.19. The second-order valence-electron chi connectivity index (χ2n) is 7.08. The maximum absolute atomic E-state index is 12.2. The molecule has 2 heterocycles. The zero-order valence-electron chi connectivity index (χ0n) is 14.9. The Hall–Kier alpha value is -1.55. The zero-order chi connectivity index (χ0) is 16.8. The number of anilines is 1. The largest absolute Gasteiger partial charge is 0.494 e. The molecule has 132 valence electrons. The van der Waals surface area contributed by atoms with Gasteiger partial charge >= 0.3 is 0 Å². The van der Waals surface area contributed by atoms with Crippen molar-refractivity contribution < 1.29 is 9.53 Å². The van der Waals surface area contributed by atoms with Crippen LogP contribution in [0.25, 0.3) is 0 Å². The van der Waals surface area contributed by atoms with Crippen LogP contribution in [0.5, 0.6) is 5.75 Å². The van der Waals surface area contributed by atoms with E-state index in [1.807, 2.05) is 29.2 Å². The van der Waals surface area contributed by atoms with Gasteiger partial charge in [-0.25, -0.2) is 0 Å². The number of likely N-dealkylation sites (tertiary alicyclic amines) is 1. The molecule has 2 fully saturated rings. The monoisotopic (exact) mass is 330 g/mol. The van der Waals surface area contributed by atoms with Crippen molar-refractivity contribution in [3.05, 3.63) is 24.3 Å². The Labute approximate surface area is 145 Å². The van der Waals surface area contributed by atoms with E-state index in [1.54, 1.807) is 0 Å². The van der Waals surface area contributed by atoms with E-state index in [4.69, 9.17) is 4.74 Å². The number of carbonyl (C=O) groups is 1. The lowest BCUT2D eigenvalue weighted by atomic mass is 10.2. The van der Waals surface area contributed by atoms with Crippen LogP contribution >= 0.6 is 0 Å². The maximum Gasteiger partial charge on any atom is 0.226 e. The summed E-state index contributed by atoms with van der Waals surface area (Å²) < 4.78 is 5.86. The van der Waals surface area contributed by atoms with Gasteiger partial charge in [0, 0.05) is 31.2 Å². The van der Waals surface area contributed by atoms with E-state index in [0.717, 1.165) is 62.9 Å². The van der Waals surface area contributed by atoms with Crippen LogP contribution in [0, 0.1) is 0 Å². The minimum atomic E-state index is 0.251. The van der Waals surface area contributed by atoms with Gasteiger partial charge in [0.15, 0.2) is 0 Å². The predicted molar refractivity (Wildman–Crippen MR) is 97.6 cm³/mol. The molecule has 0 saturated carbocycles. The summed E-state index contributed by atoms with van der Waals surface area (Å²) >= 11 is 0. The van der Waals surface area contributed by atoms with Crippen LogP contribution in [-0.2, 0) is 4.79 Å². The Morgan fingerprint density at radius 3 is 2.67 bits per heavy atom. The number of amides is 1. The van der Waals surface area contributed by atoms with E-state index >= 15 is 0 Å². The molecule has 0 spiro atoms. The van der Waals surface area contributed by atoms with Crippen LogP contribution in [0.15, 0.2) is 24.3 Å². The van der Waals surface area contributed by atoms with Gasteiger partial charge in [-0.15, -0.1) is 0 Å². The Balaban J connectivity index is 1.45. The van der Waals surface area contributed by atoms with Gasteiger partial charge in [0.05, 0.1) is 6.61 Å². The second kappa shape index (κ2) is 8.52. The molecule has 1 atom stereocenters. The van der Waals surface area contributed by atoms with E-state index in [9.17, 15) is 4.79 Å². The van der Waals surface area contributed by atoms with E-state index in [-0.39, 0.29) is 5.91 Å². The van der Waals surface area contributed by atoms with Gasteiger partial charge in [-0.2, -0.15) is 0 Å². The normalized spacial score (nSPS) is 22.6. The molecule has 2 aliphatic rings. The summed E-state index contributed by atoms with van der Waals surface area (Å²) in [7, 11) is 0. The summed E-state index contributed by atoms with van der Waals surface area (Å²) in [6.07, 6.45) is 7.67. The lowest BCUT2D eigenvalue weighted by Gasteiger charge is -2.21. The molecule has 1 aromatic carbocycles. The van der Waals surface area contributed by atoms with E-state index in [2.05, 4.69) is 11.8 Å². The first-order valence-corrected chi connectivity index (χ1v) is 9.51. The van der Waals surface area contributed by atoms with Gasteiger partial charge in [-0.1, -0.05) is 6.42 Å². The fraction of sp³-hybridized carbons (Fsp3) is 0.650. The molecular weight excluding hydrogens is 300 g/mol. The molecule has 3 rings (SSSR count). The van der Waals surface area contributed by atoms with Crippen LogP contribution in [0.3, 0.4) is 0 Å². The molecule has 2 aliphatic heterocycles. The van der Waals surface area contributed by atoms with Crippen LogP contribution in [-0.4, -0.2) is 43.1 Å². The van der Waals surface area contributed by atoms with Crippen LogP contribution in [0.2, 0.25) is 0 Å². The minimum absolute atomic E-state index is 0.251. The third-order valence-corrected chi connectivity index (χ3v) is 5.27. The number of carbonyl (C=O) groups excluding carboxylic acids is 1. The lowest BCUT2D eigenvalue weighted by molar-refractivity contribution is -0.118. The topological polar surface area (TPSA) is 32.8 Å². The summed E-state index contributed by atoms with van der Waals surface area (Å²) in [5.74, 6) is 1.15. The van der Waals surface area contributed by atoms with Gasteiger partial charge in [0.1, 0.15) is 5.75 Å². The first kappa shape index (κ1) is 17.3. The van der Waals surface area contributed by atoms with Gasteiger partial charge < -0.3 is 14.5 Å². The molecule has 1 aromatic rings. The molecule has 0 bridgehead atoms. The van der Waals surface area contributed by atoms with Crippen molar-refractivity contribution in [3.8, 4) is 5.75 Å². The molecule has 0 unspecified atom stereocenters. The highest BCUT2D eigenvalue weighted by Crippen LogP contribution is 2.23. The van der Waals surface area contributed by atoms with Gasteiger partial charge in [-0.3, -0.25) is 4.79 Å². The highest BCUT2D eigenvalue weighted by molar-refractivity contribution is 5.93. The van der Waals surface area contributed by atoms with E-state index < -0.39 is 0 Å². The number of nitrogens with zero attached hydrogens (tertiary/aromatic N) is 2. The van der Waals surface area contributed by atoms with Crippen molar-refractivity contribution in [1.82, 2.24) is 4.90 Å². The number of hydrogen-bond donors (Lipinski definition) is 0. The summed E-state index contributed by atoms with van der Waals surface area (Å²) in [4.78, 5) is 16.6. The molecule has 0 aromatic heterocycles. The lowest BCUT2D eigenvalue weighted by Crippen LogP contribution is -2.29. The fourth-order valence-corrected chi connectivity index (χ4v) is 3.76. The molecule has 4 heteroatoms. The Kier molecular flexibility index (Phi) is 6.13. The summed E-state index contributed by atoms with van der Waals surface area (Å²) in [5, 5.41) is 0. The van der Waals surface area contributed by atoms with Crippen molar-refractivity contribution in [3.63, 3.8) is 0 Å². The third kappa shape index (κ3) is 4.50. The summed E-state index contributed by atoms with van der Waals surface area (Å²) in [6, 6.07) is 8.75. The van der Waals surface area contributed by atoms with Crippen molar-refractivity contribution >= 4 is 11.6 Å². The van der Waals surface area contributed by atoms with Crippen LogP contribution in [0.1, 0.15) is 51.9 Å². The molecular formula is C20H30N2O2. The smallest absolute Gasteiger partial charge is 0.226 e. The summed E-state index contributed by atoms with van der Waals surface area (Å²) in [5.41, 5.74) is 1.00. The first-order chi connectivity index (χ1) is 11.7. The number of benzene rings is 1. The SMILES string of the molecule is C[C@H]1CCCN1CCCOc1ccc(N2CCCCCC2=O)cc1. The molecule has 2 saturated heterocycles. The van der Waals surface area contributed by atoms with Gasteiger partial charge in [-0.05, 0) is 69.8 Å². The molecule has 0 aliphatic carbocycles. The quantitative estimate of drug-likeness (QED) is 0.743. The second-order valence-corrected chi connectivity index (χ2v) is 7.08. The van der Waals surface area contributed by atoms with Gasteiger partial charge in [0.25, 0.3) is 0 Å². The number of ether oxygens (including phenoxy) is 1. The predicted octanol–water partition coefficient (Wildman–Crippen LogP) is 3.85. The van der Waals surface area contributed by atoms with E-state index in [1.165, 1.54) is 19.4 Å². The highest BCUT2D eigenvalue weighted by atomic mass is 16.5. The van der Waals surface area contributed by atoms with Crippen LogP contribution in [0.4, 0.5) is 5.69 Å². The van der Waals surface area contributed by atoms with Crippen molar-refractivity contribution in [1.29, 1.82) is 0 Å². The Morgan fingerprint density at radius 2 is 1.92 bits per heavy atom. The average molecular weight is 330 g/mol. The minimum Gasteiger partial charge on any atom is -0.494 e. The van der Waals surface area contributed by atoms with Crippen molar-refractivity contribution in [2.45, 2.75) is 57.9 Å². The molecule has 0 N–H and O–H groups in total. The molecule has 1 amide bonds. The van der Waals surface area contributed by atoms with Gasteiger partial charge in [0.2, 0.25) is 5.91 Å². The van der Waals surface area contributed by atoms with Crippen molar-refractivity contribution in [2.75, 3.05) is 31.1 Å². The maximum atomic E-state index is 12.2. The standard InChI is InChI=1S/C20H30N2O2/c1-17-7-5-13-21(17)14-6-16-24-19-11-9-18(10-12-19)22-15-4-2-3-8-20(22)23/h9-12,17H,2-8,13-16H2,1H3/t17-/m0/s1. The van der Waals surface area contributed by atoms with Crippen molar-refractivity contribution in [2.24, 2.45) is 0 Å².